The summed E-state index contributed by atoms with van der Waals surface area (Å²) in [5.41, 5.74) is 0.500. The Labute approximate surface area is 132 Å². The molecule has 1 aliphatic rings. The molecule has 1 aromatic rings. The number of rotatable bonds is 6. The first-order valence-corrected chi connectivity index (χ1v) is 7.68. The maximum Gasteiger partial charge on any atom is 0.226 e. The first kappa shape index (κ1) is 16.6. The highest BCUT2D eigenvalue weighted by atomic mass is 16.5. The van der Waals surface area contributed by atoms with Crippen molar-refractivity contribution in [3.63, 3.8) is 0 Å². The van der Waals surface area contributed by atoms with Crippen molar-refractivity contribution in [2.45, 2.75) is 32.7 Å². The second-order valence-electron chi connectivity index (χ2n) is 6.52. The van der Waals surface area contributed by atoms with Crippen LogP contribution < -0.4 is 10.1 Å². The fraction of sp³-hybridized carbons (Fsp3) is 0.500. The van der Waals surface area contributed by atoms with E-state index in [4.69, 9.17) is 9.84 Å². The van der Waals surface area contributed by atoms with Gasteiger partial charge in [-0.25, -0.2) is 0 Å². The van der Waals surface area contributed by atoms with E-state index in [0.717, 1.165) is 17.7 Å². The SMILES string of the molecule is COc1ccccc1CC(C)(C)C(=O)N[C@@H]1C=C[C@H](CO)C1. The zero-order valence-corrected chi connectivity index (χ0v) is 13.5. The second kappa shape index (κ2) is 6.97. The summed E-state index contributed by atoms with van der Waals surface area (Å²) >= 11 is 0. The van der Waals surface area contributed by atoms with Crippen molar-refractivity contribution in [1.29, 1.82) is 0 Å². The molecule has 0 saturated carbocycles. The summed E-state index contributed by atoms with van der Waals surface area (Å²) in [6.45, 7) is 4.02. The fourth-order valence-electron chi connectivity index (χ4n) is 2.79. The van der Waals surface area contributed by atoms with Gasteiger partial charge in [0, 0.05) is 24.0 Å². The maximum absolute atomic E-state index is 12.6. The lowest BCUT2D eigenvalue weighted by atomic mass is 9.84. The van der Waals surface area contributed by atoms with E-state index < -0.39 is 5.41 Å². The minimum atomic E-state index is -0.528. The van der Waals surface area contributed by atoms with Crippen LogP contribution in [-0.4, -0.2) is 30.8 Å². The number of aliphatic hydroxyl groups is 1. The average Bonchev–Trinajstić information content (AvgIpc) is 2.95. The maximum atomic E-state index is 12.6. The second-order valence-corrected chi connectivity index (χ2v) is 6.52. The van der Waals surface area contributed by atoms with E-state index in [-0.39, 0.29) is 24.5 Å². The Morgan fingerprint density at radius 3 is 2.73 bits per heavy atom. The van der Waals surface area contributed by atoms with E-state index in [2.05, 4.69) is 5.32 Å². The first-order valence-electron chi connectivity index (χ1n) is 7.68. The minimum absolute atomic E-state index is 0.0154. The lowest BCUT2D eigenvalue weighted by Crippen LogP contribution is -2.43. The van der Waals surface area contributed by atoms with Crippen LogP contribution in [0.5, 0.6) is 5.75 Å². The zero-order valence-electron chi connectivity index (χ0n) is 13.5. The van der Waals surface area contributed by atoms with Crippen molar-refractivity contribution in [1.82, 2.24) is 5.32 Å². The van der Waals surface area contributed by atoms with E-state index in [1.807, 2.05) is 50.3 Å². The predicted molar refractivity (Wildman–Crippen MR) is 86.7 cm³/mol. The fourth-order valence-corrected chi connectivity index (χ4v) is 2.79. The van der Waals surface area contributed by atoms with E-state index in [0.29, 0.717) is 6.42 Å². The van der Waals surface area contributed by atoms with Crippen LogP contribution in [0.3, 0.4) is 0 Å². The lowest BCUT2D eigenvalue weighted by Gasteiger charge is -2.26. The molecule has 4 heteroatoms. The van der Waals surface area contributed by atoms with E-state index in [1.54, 1.807) is 7.11 Å². The molecule has 2 rings (SSSR count). The van der Waals surface area contributed by atoms with Crippen molar-refractivity contribution >= 4 is 5.91 Å². The molecule has 0 aromatic heterocycles. The summed E-state index contributed by atoms with van der Waals surface area (Å²) in [7, 11) is 1.64. The summed E-state index contributed by atoms with van der Waals surface area (Å²) in [6.07, 6.45) is 5.33. The number of amides is 1. The predicted octanol–water partition coefficient (Wildman–Crippen LogP) is 2.32. The van der Waals surface area contributed by atoms with E-state index in [9.17, 15) is 4.79 Å². The molecule has 0 heterocycles. The molecular weight excluding hydrogens is 278 g/mol. The topological polar surface area (TPSA) is 58.6 Å². The van der Waals surface area contributed by atoms with Crippen LogP contribution in [0, 0.1) is 11.3 Å². The van der Waals surface area contributed by atoms with Crippen LogP contribution in [-0.2, 0) is 11.2 Å². The van der Waals surface area contributed by atoms with Gasteiger partial charge in [0.2, 0.25) is 5.91 Å². The Balaban J connectivity index is 2.00. The van der Waals surface area contributed by atoms with Gasteiger partial charge in [-0.2, -0.15) is 0 Å². The van der Waals surface area contributed by atoms with Crippen molar-refractivity contribution in [2.75, 3.05) is 13.7 Å². The minimum Gasteiger partial charge on any atom is -0.496 e. The average molecular weight is 303 g/mol. The van der Waals surface area contributed by atoms with Gasteiger partial charge in [0.05, 0.1) is 7.11 Å². The van der Waals surface area contributed by atoms with Gasteiger partial charge in [-0.1, -0.05) is 44.2 Å². The molecular formula is C18H25NO3. The van der Waals surface area contributed by atoms with Crippen LogP contribution in [0.25, 0.3) is 0 Å². The molecule has 0 spiro atoms. The molecule has 22 heavy (non-hydrogen) atoms. The Morgan fingerprint density at radius 1 is 1.36 bits per heavy atom. The number of carbonyl (C=O) groups excluding carboxylic acids is 1. The monoisotopic (exact) mass is 303 g/mol. The molecule has 1 aromatic carbocycles. The molecule has 2 atom stereocenters. The molecule has 0 fully saturated rings. The van der Waals surface area contributed by atoms with E-state index >= 15 is 0 Å². The first-order chi connectivity index (χ1) is 10.5. The highest BCUT2D eigenvalue weighted by molar-refractivity contribution is 5.82. The molecule has 1 aliphatic carbocycles. The summed E-state index contributed by atoms with van der Waals surface area (Å²) in [5, 5.41) is 12.2. The molecule has 2 N–H and O–H groups in total. The Hall–Kier alpha value is -1.81. The van der Waals surface area contributed by atoms with Gasteiger partial charge in [-0.05, 0) is 24.5 Å². The van der Waals surface area contributed by atoms with Crippen LogP contribution in [0.15, 0.2) is 36.4 Å². The molecule has 120 valence electrons. The Kier molecular flexibility index (Phi) is 5.24. The molecule has 0 unspecified atom stereocenters. The summed E-state index contributed by atoms with van der Waals surface area (Å²) < 4.78 is 5.36. The normalized spacial score (nSPS) is 20.9. The zero-order chi connectivity index (χ0) is 16.2. The molecule has 0 aliphatic heterocycles. The standard InChI is InChI=1S/C18H25NO3/c1-18(2,11-14-6-4-5-7-16(14)22-3)17(21)19-15-9-8-13(10-15)12-20/h4-9,13,15,20H,10-12H2,1-3H3,(H,19,21)/t13-,15+/m0/s1. The third-order valence-corrected chi connectivity index (χ3v) is 4.16. The lowest BCUT2D eigenvalue weighted by molar-refractivity contribution is -0.129. The van der Waals surface area contributed by atoms with Crippen molar-refractivity contribution in [3.05, 3.63) is 42.0 Å². The number of methoxy groups -OCH3 is 1. The number of nitrogens with one attached hydrogen (secondary N) is 1. The van der Waals surface area contributed by atoms with Gasteiger partial charge in [0.15, 0.2) is 0 Å². The third-order valence-electron chi connectivity index (χ3n) is 4.16. The molecule has 0 radical (unpaired) electrons. The van der Waals surface area contributed by atoms with Gasteiger partial charge in [0.25, 0.3) is 0 Å². The molecule has 1 amide bonds. The molecule has 0 bridgehead atoms. The van der Waals surface area contributed by atoms with Crippen molar-refractivity contribution < 1.29 is 14.6 Å². The third kappa shape index (κ3) is 3.89. The van der Waals surface area contributed by atoms with Crippen LogP contribution in [0.2, 0.25) is 0 Å². The van der Waals surface area contributed by atoms with E-state index in [1.165, 1.54) is 0 Å². The molecule has 0 saturated heterocycles. The van der Waals surface area contributed by atoms with Crippen molar-refractivity contribution in [3.8, 4) is 5.75 Å². The Bertz CT molecular complexity index is 551. The molecule has 4 nitrogen and oxygen atoms in total. The van der Waals surface area contributed by atoms with Gasteiger partial charge in [-0.15, -0.1) is 0 Å². The highest BCUT2D eigenvalue weighted by Gasteiger charge is 2.31. The number of ether oxygens (including phenoxy) is 1. The number of hydrogen-bond donors (Lipinski definition) is 2. The largest absolute Gasteiger partial charge is 0.496 e. The number of aliphatic hydroxyl groups excluding tert-OH is 1. The van der Waals surface area contributed by atoms with Crippen LogP contribution >= 0.6 is 0 Å². The number of hydrogen-bond acceptors (Lipinski definition) is 3. The van der Waals surface area contributed by atoms with Gasteiger partial charge in [-0.3, -0.25) is 4.79 Å². The smallest absolute Gasteiger partial charge is 0.226 e. The quantitative estimate of drug-likeness (QED) is 0.793. The van der Waals surface area contributed by atoms with Crippen molar-refractivity contribution in [2.24, 2.45) is 11.3 Å². The highest BCUT2D eigenvalue weighted by Crippen LogP contribution is 2.28. The summed E-state index contributed by atoms with van der Waals surface area (Å²) in [4.78, 5) is 12.6. The van der Waals surface area contributed by atoms with Gasteiger partial charge >= 0.3 is 0 Å². The number of para-hydroxylation sites is 1. The number of carbonyl (C=O) groups is 1. The van der Waals surface area contributed by atoms with Crippen LogP contribution in [0.1, 0.15) is 25.8 Å². The Morgan fingerprint density at radius 2 is 2.09 bits per heavy atom. The van der Waals surface area contributed by atoms with Gasteiger partial charge < -0.3 is 15.2 Å². The summed E-state index contributed by atoms with van der Waals surface area (Å²) in [5.74, 6) is 0.985. The van der Waals surface area contributed by atoms with Gasteiger partial charge in [0.1, 0.15) is 5.75 Å². The van der Waals surface area contributed by atoms with Crippen LogP contribution in [0.4, 0.5) is 0 Å². The number of benzene rings is 1. The summed E-state index contributed by atoms with van der Waals surface area (Å²) in [6, 6.07) is 7.80.